The molecule has 0 aliphatic carbocycles. The van der Waals surface area contributed by atoms with Crippen molar-refractivity contribution in [2.75, 3.05) is 26.2 Å². The van der Waals surface area contributed by atoms with Crippen LogP contribution >= 0.6 is 17.2 Å². The molecule has 216 valence electrons. The molecule has 3 unspecified atom stereocenters. The number of hydrogen-bond donors (Lipinski definition) is 2. The van der Waals surface area contributed by atoms with Crippen molar-refractivity contribution >= 4 is 17.2 Å². The third-order valence-electron chi connectivity index (χ3n) is 8.28. The zero-order valence-corrected chi connectivity index (χ0v) is 28.2. The van der Waals surface area contributed by atoms with Gasteiger partial charge in [-0.3, -0.25) is 0 Å². The van der Waals surface area contributed by atoms with Crippen molar-refractivity contribution < 1.29 is 17.1 Å². The Morgan fingerprint density at radius 1 is 0.838 bits per heavy atom. The van der Waals surface area contributed by atoms with Crippen molar-refractivity contribution in [2.45, 2.75) is 102 Å². The molecule has 2 aromatic carbocycles. The third-order valence-corrected chi connectivity index (χ3v) is 13.4. The summed E-state index contributed by atoms with van der Waals surface area (Å²) in [6, 6.07) is 15.2. The van der Waals surface area contributed by atoms with Crippen LogP contribution in [0.15, 0.2) is 42.5 Å². The second-order valence-electron chi connectivity index (χ2n) is 14.1. The molecule has 0 bridgehead atoms. The Balaban J connectivity index is 0.000000716. The molecule has 2 aliphatic rings. The molecule has 5 heteroatoms. The van der Waals surface area contributed by atoms with Gasteiger partial charge in [-0.05, 0) is 66.3 Å². The van der Waals surface area contributed by atoms with Crippen LogP contribution in [-0.2, 0) is 33.8 Å². The SMILES string of the molecule is CC(C)(C)c1cc(C(P)(C2CCNC2)C2CCNC2)[c-](CP(C(C)(C)C)C(C)(C)C)c1.[Fe].[cH-]1[cH-][cH-][cH-][cH-]1. The zero-order valence-electron chi connectivity index (χ0n) is 25.0. The van der Waals surface area contributed by atoms with Gasteiger partial charge in [0.25, 0.3) is 0 Å². The summed E-state index contributed by atoms with van der Waals surface area (Å²) in [5, 5.41) is 8.23. The van der Waals surface area contributed by atoms with Gasteiger partial charge in [0.2, 0.25) is 0 Å². The molecule has 0 aromatic heterocycles. The minimum atomic E-state index is -0.170. The van der Waals surface area contributed by atoms with Crippen LogP contribution in [0.4, 0.5) is 0 Å². The number of hydrogen-bond acceptors (Lipinski definition) is 2. The molecule has 3 atom stereocenters. The van der Waals surface area contributed by atoms with Crippen LogP contribution in [0.25, 0.3) is 0 Å². The van der Waals surface area contributed by atoms with E-state index in [1.54, 1.807) is 11.1 Å². The van der Waals surface area contributed by atoms with E-state index in [-0.39, 0.29) is 35.6 Å². The molecule has 2 nitrogen and oxygen atoms in total. The first-order chi connectivity index (χ1) is 16.6. The van der Waals surface area contributed by atoms with Gasteiger partial charge in [-0.25, -0.2) is 6.07 Å². The summed E-state index contributed by atoms with van der Waals surface area (Å²) >= 11 is 0. The molecule has 37 heavy (non-hydrogen) atoms. The van der Waals surface area contributed by atoms with Gasteiger partial charge >= 0.3 is 0 Å². The number of nitrogens with one attached hydrogen (secondary N) is 2. The monoisotopic (exact) mass is 584 g/mol. The van der Waals surface area contributed by atoms with Gasteiger partial charge in [-0.15, -0.1) is 22.7 Å². The molecule has 0 amide bonds. The van der Waals surface area contributed by atoms with E-state index in [9.17, 15) is 0 Å². The summed E-state index contributed by atoms with van der Waals surface area (Å²) in [6.07, 6.45) is 3.83. The molecular formula is C32H54FeN2P2-6. The molecular weight excluding hydrogens is 530 g/mol. The largest absolute Gasteiger partial charge is 0.748 e. The Morgan fingerprint density at radius 3 is 1.59 bits per heavy atom. The summed E-state index contributed by atoms with van der Waals surface area (Å²) in [4.78, 5) is 0. The molecule has 2 heterocycles. The summed E-state index contributed by atoms with van der Waals surface area (Å²) in [5.74, 6) is 1.40. The number of rotatable bonds is 5. The van der Waals surface area contributed by atoms with Gasteiger partial charge in [-0.1, -0.05) is 73.9 Å². The van der Waals surface area contributed by atoms with E-state index >= 15 is 0 Å². The first-order valence-electron chi connectivity index (χ1n) is 14.1. The Bertz CT molecular complexity index is 868. The van der Waals surface area contributed by atoms with Gasteiger partial charge in [0.05, 0.1) is 0 Å². The average Bonchev–Trinajstić information content (AvgIpc) is 3.57. The Kier molecular flexibility index (Phi) is 11.8. The summed E-state index contributed by atoms with van der Waals surface area (Å²) in [5.41, 5.74) is 5.02. The molecule has 0 radical (unpaired) electrons. The standard InChI is InChI=1S/C27H49N2P2.C5H5.Fe/c1-24(2,3)22-14-19(18-31(25(4,5)6)26(7,8)9)23(15-22)27(30,20-10-12-28-16-20)21-11-13-29-17-21;1-2-4-5-3-1;/h14-15,20-21,28-29H,10-13,16-18,30H2,1-9H3;1-5H;/q-1;-5;. The van der Waals surface area contributed by atoms with Crippen molar-refractivity contribution in [3.05, 3.63) is 59.2 Å². The Hall–Kier alpha value is -0.000519. The molecule has 2 fully saturated rings. The molecule has 2 saturated heterocycles. The normalized spacial score (nSPS) is 22.4. The third kappa shape index (κ3) is 8.26. The minimum Gasteiger partial charge on any atom is -0.748 e. The Morgan fingerprint density at radius 2 is 1.27 bits per heavy atom. The fourth-order valence-electron chi connectivity index (χ4n) is 6.39. The fraction of sp³-hybridized carbons (Fsp3) is 0.688. The molecule has 4 rings (SSSR count). The van der Waals surface area contributed by atoms with Crippen LogP contribution in [0, 0.1) is 11.8 Å². The maximum absolute atomic E-state index is 3.69. The quantitative estimate of drug-likeness (QED) is 0.212. The minimum absolute atomic E-state index is 0. The van der Waals surface area contributed by atoms with Gasteiger partial charge in [0.15, 0.2) is 0 Å². The van der Waals surface area contributed by atoms with E-state index in [2.05, 4.69) is 94.3 Å². The zero-order chi connectivity index (χ0) is 26.8. The molecule has 2 aliphatic heterocycles. The predicted octanol–water partition coefficient (Wildman–Crippen LogP) is 7.97. The van der Waals surface area contributed by atoms with Gasteiger partial charge in [-0.2, -0.15) is 17.2 Å². The van der Waals surface area contributed by atoms with Crippen LogP contribution in [0.3, 0.4) is 0 Å². The van der Waals surface area contributed by atoms with E-state index in [4.69, 9.17) is 0 Å². The van der Waals surface area contributed by atoms with Crippen molar-refractivity contribution in [3.63, 3.8) is 0 Å². The van der Waals surface area contributed by atoms with Crippen molar-refractivity contribution in [3.8, 4) is 0 Å². The summed E-state index contributed by atoms with van der Waals surface area (Å²) < 4.78 is 0. The van der Waals surface area contributed by atoms with Crippen molar-refractivity contribution in [2.24, 2.45) is 11.8 Å². The second-order valence-corrected chi connectivity index (χ2v) is 18.9. The van der Waals surface area contributed by atoms with E-state index in [0.29, 0.717) is 22.1 Å². The molecule has 0 saturated carbocycles. The van der Waals surface area contributed by atoms with Crippen LogP contribution in [0.1, 0.15) is 91.8 Å². The van der Waals surface area contributed by atoms with Crippen molar-refractivity contribution in [1.29, 1.82) is 0 Å². The van der Waals surface area contributed by atoms with E-state index < -0.39 is 0 Å². The molecule has 0 spiro atoms. The summed E-state index contributed by atoms with van der Waals surface area (Å²) in [6.45, 7) is 26.6. The predicted molar refractivity (Wildman–Crippen MR) is 166 cm³/mol. The fourth-order valence-corrected chi connectivity index (χ4v) is 10.8. The maximum atomic E-state index is 3.69. The van der Waals surface area contributed by atoms with Crippen LogP contribution in [0.2, 0.25) is 0 Å². The topological polar surface area (TPSA) is 24.1 Å². The van der Waals surface area contributed by atoms with Gasteiger partial charge < -0.3 is 41.0 Å². The summed E-state index contributed by atoms with van der Waals surface area (Å²) in [7, 11) is 3.29. The second kappa shape index (κ2) is 13.1. The van der Waals surface area contributed by atoms with Gasteiger partial charge in [0, 0.05) is 17.1 Å². The average molecular weight is 585 g/mol. The van der Waals surface area contributed by atoms with Crippen LogP contribution in [0.5, 0.6) is 0 Å². The van der Waals surface area contributed by atoms with Crippen LogP contribution < -0.4 is 10.6 Å². The van der Waals surface area contributed by atoms with Gasteiger partial charge in [0.1, 0.15) is 0 Å². The molecule has 2 aromatic rings. The first kappa shape index (κ1) is 33.2. The smallest absolute Gasteiger partial charge is 0 e. The van der Waals surface area contributed by atoms with Crippen molar-refractivity contribution in [1.82, 2.24) is 10.6 Å². The Labute approximate surface area is 243 Å². The van der Waals surface area contributed by atoms with E-state index in [1.165, 1.54) is 37.7 Å². The first-order valence-corrected chi connectivity index (χ1v) is 16.2. The van der Waals surface area contributed by atoms with E-state index in [1.807, 2.05) is 30.3 Å². The van der Waals surface area contributed by atoms with E-state index in [0.717, 1.165) is 13.1 Å². The maximum Gasteiger partial charge on any atom is 0 e. The van der Waals surface area contributed by atoms with Crippen LogP contribution in [-0.4, -0.2) is 36.5 Å². The molecule has 2 N–H and O–H groups in total.